The van der Waals surface area contributed by atoms with Gasteiger partial charge in [-0.1, -0.05) is 18.2 Å². The van der Waals surface area contributed by atoms with Crippen molar-refractivity contribution in [2.24, 2.45) is 0 Å². The van der Waals surface area contributed by atoms with Crippen molar-refractivity contribution in [2.45, 2.75) is 0 Å². The Hall–Kier alpha value is -2.66. The Labute approximate surface area is 120 Å². The van der Waals surface area contributed by atoms with Crippen LogP contribution in [0.2, 0.25) is 0 Å². The summed E-state index contributed by atoms with van der Waals surface area (Å²) in [5.41, 5.74) is 2.32. The Morgan fingerprint density at radius 3 is 2.71 bits per heavy atom. The van der Waals surface area contributed by atoms with E-state index in [1.165, 1.54) is 7.11 Å². The van der Waals surface area contributed by atoms with E-state index in [-0.39, 0.29) is 5.78 Å². The van der Waals surface area contributed by atoms with Crippen LogP contribution in [0.3, 0.4) is 0 Å². The van der Waals surface area contributed by atoms with Gasteiger partial charge in [0.15, 0.2) is 5.78 Å². The van der Waals surface area contributed by atoms with Crippen LogP contribution in [0.5, 0.6) is 0 Å². The average molecular weight is 283 g/mol. The number of carbonyl (C=O) groups excluding carboxylic acids is 2. The van der Waals surface area contributed by atoms with Gasteiger partial charge in [-0.2, -0.15) is 0 Å². The molecule has 0 fully saturated rings. The van der Waals surface area contributed by atoms with Crippen LogP contribution in [0, 0.1) is 0 Å². The maximum absolute atomic E-state index is 12.0. The number of hydrogen-bond donors (Lipinski definition) is 1. The van der Waals surface area contributed by atoms with E-state index in [9.17, 15) is 9.59 Å². The van der Waals surface area contributed by atoms with Gasteiger partial charge in [0.1, 0.15) is 6.61 Å². The number of nitrogens with zero attached hydrogens (tertiary/aromatic N) is 1. The first-order valence-electron chi connectivity index (χ1n) is 6.42. The number of ketones is 1. The van der Waals surface area contributed by atoms with Gasteiger partial charge < -0.3 is 14.2 Å². The molecule has 2 aromatic heterocycles. The first-order chi connectivity index (χ1) is 10.2. The zero-order valence-corrected chi connectivity index (χ0v) is 11.4. The molecule has 0 spiro atoms. The van der Waals surface area contributed by atoms with E-state index in [4.69, 9.17) is 9.84 Å². The average Bonchev–Trinajstić information content (AvgIpc) is 2.87. The Balaban J connectivity index is 2.40. The van der Waals surface area contributed by atoms with Crippen molar-refractivity contribution in [3.63, 3.8) is 0 Å². The van der Waals surface area contributed by atoms with Gasteiger partial charge in [0.05, 0.1) is 23.7 Å². The van der Waals surface area contributed by atoms with Crippen LogP contribution in [0.4, 0.5) is 0 Å². The van der Waals surface area contributed by atoms with Crippen molar-refractivity contribution < 1.29 is 19.4 Å². The van der Waals surface area contributed by atoms with Gasteiger partial charge in [-0.25, -0.2) is 4.79 Å². The maximum Gasteiger partial charge on any atom is 0.340 e. The van der Waals surface area contributed by atoms with Gasteiger partial charge in [-0.05, 0) is 18.2 Å². The quantitative estimate of drug-likeness (QED) is 0.590. The van der Waals surface area contributed by atoms with E-state index in [1.807, 2.05) is 28.8 Å². The van der Waals surface area contributed by atoms with Crippen LogP contribution in [-0.4, -0.2) is 35.0 Å². The van der Waals surface area contributed by atoms with Gasteiger partial charge in [0, 0.05) is 17.1 Å². The molecule has 106 valence electrons. The minimum absolute atomic E-state index is 0.359. The third kappa shape index (κ3) is 1.98. The van der Waals surface area contributed by atoms with Gasteiger partial charge in [0.25, 0.3) is 0 Å². The molecule has 5 heteroatoms. The Morgan fingerprint density at radius 2 is 2.00 bits per heavy atom. The smallest absolute Gasteiger partial charge is 0.340 e. The van der Waals surface area contributed by atoms with Crippen molar-refractivity contribution in [3.05, 3.63) is 53.7 Å². The summed E-state index contributed by atoms with van der Waals surface area (Å²) < 4.78 is 6.68. The number of rotatable bonds is 3. The Kier molecular flexibility index (Phi) is 3.19. The van der Waals surface area contributed by atoms with E-state index in [2.05, 4.69) is 0 Å². The number of ether oxygens (including phenoxy) is 1. The predicted octanol–water partition coefficient (Wildman–Crippen LogP) is 2.05. The van der Waals surface area contributed by atoms with E-state index in [0.717, 1.165) is 5.52 Å². The zero-order valence-electron chi connectivity index (χ0n) is 11.4. The molecular formula is C16H13NO4. The molecule has 2 heterocycles. The number of aliphatic hydroxyl groups is 1. The fourth-order valence-electron chi connectivity index (χ4n) is 2.52. The molecule has 1 N–H and O–H groups in total. The molecule has 0 bridgehead atoms. The summed E-state index contributed by atoms with van der Waals surface area (Å²) in [5.74, 6) is -0.780. The van der Waals surface area contributed by atoms with Crippen LogP contribution >= 0.6 is 0 Å². The molecule has 0 saturated heterocycles. The lowest BCUT2D eigenvalue weighted by atomic mass is 10.1. The van der Waals surface area contributed by atoms with E-state index < -0.39 is 12.6 Å². The summed E-state index contributed by atoms with van der Waals surface area (Å²) in [4.78, 5) is 23.7. The topological polar surface area (TPSA) is 68.0 Å². The number of aliphatic hydroxyl groups excluding tert-OH is 1. The molecule has 1 aromatic carbocycles. The number of pyridine rings is 1. The number of fused-ring (bicyclic) bond motifs is 3. The summed E-state index contributed by atoms with van der Waals surface area (Å²) in [7, 11) is 1.34. The first-order valence-corrected chi connectivity index (χ1v) is 6.42. The van der Waals surface area contributed by atoms with Crippen LogP contribution < -0.4 is 0 Å². The summed E-state index contributed by atoms with van der Waals surface area (Å²) in [6.07, 6.45) is 1.82. The number of esters is 1. The Bertz CT molecular complexity index is 863. The molecule has 0 aliphatic rings. The van der Waals surface area contributed by atoms with Crippen molar-refractivity contribution in [2.75, 3.05) is 13.7 Å². The highest BCUT2D eigenvalue weighted by atomic mass is 16.5. The molecular weight excluding hydrogens is 270 g/mol. The highest BCUT2D eigenvalue weighted by Gasteiger charge is 2.19. The third-order valence-electron chi connectivity index (χ3n) is 3.50. The van der Waals surface area contributed by atoms with Gasteiger partial charge in [0.2, 0.25) is 0 Å². The van der Waals surface area contributed by atoms with Crippen LogP contribution in [-0.2, 0) is 4.74 Å². The van der Waals surface area contributed by atoms with Crippen LogP contribution in [0.15, 0.2) is 42.6 Å². The molecule has 3 rings (SSSR count). The Morgan fingerprint density at radius 1 is 1.19 bits per heavy atom. The monoisotopic (exact) mass is 283 g/mol. The van der Waals surface area contributed by atoms with Crippen molar-refractivity contribution in [1.29, 1.82) is 0 Å². The maximum atomic E-state index is 12.0. The second kappa shape index (κ2) is 5.03. The van der Waals surface area contributed by atoms with Gasteiger partial charge in [-0.3, -0.25) is 4.79 Å². The van der Waals surface area contributed by atoms with Crippen molar-refractivity contribution in [1.82, 2.24) is 4.40 Å². The first kappa shape index (κ1) is 13.3. The minimum Gasteiger partial charge on any atom is -0.465 e. The van der Waals surface area contributed by atoms with E-state index in [1.54, 1.807) is 18.2 Å². The molecule has 0 atom stereocenters. The second-order valence-corrected chi connectivity index (χ2v) is 4.64. The van der Waals surface area contributed by atoms with E-state index >= 15 is 0 Å². The number of Topliss-reactive ketones (excluding diaryl/α,β-unsaturated/α-hetero) is 1. The minimum atomic E-state index is -0.543. The molecule has 0 radical (unpaired) electrons. The fourth-order valence-corrected chi connectivity index (χ4v) is 2.52. The largest absolute Gasteiger partial charge is 0.465 e. The standard InChI is InChI=1S/C16H13NO4/c1-21-16(20)15-11-6-5-10(14(19)9-18)8-13(11)17-7-3-2-4-12(15)17/h2-8,18H,9H2,1H3. The molecule has 5 nitrogen and oxygen atoms in total. The molecule has 0 unspecified atom stereocenters. The molecule has 0 amide bonds. The summed E-state index contributed by atoms with van der Waals surface area (Å²) in [6, 6.07) is 10.5. The molecule has 0 aliphatic carbocycles. The molecule has 21 heavy (non-hydrogen) atoms. The lowest BCUT2D eigenvalue weighted by molar-refractivity contribution is 0.0605. The molecule has 3 aromatic rings. The zero-order chi connectivity index (χ0) is 15.0. The van der Waals surface area contributed by atoms with Crippen LogP contribution in [0.25, 0.3) is 16.4 Å². The highest BCUT2D eigenvalue weighted by molar-refractivity contribution is 6.13. The molecule has 0 aliphatic heterocycles. The van der Waals surface area contributed by atoms with Crippen molar-refractivity contribution >= 4 is 28.2 Å². The van der Waals surface area contributed by atoms with Crippen LogP contribution in [0.1, 0.15) is 20.7 Å². The number of carbonyl (C=O) groups is 2. The second-order valence-electron chi connectivity index (χ2n) is 4.64. The summed E-state index contributed by atoms with van der Waals surface area (Å²) >= 11 is 0. The lowest BCUT2D eigenvalue weighted by Crippen LogP contribution is -2.04. The number of methoxy groups -OCH3 is 1. The van der Waals surface area contributed by atoms with Gasteiger partial charge >= 0.3 is 5.97 Å². The van der Waals surface area contributed by atoms with Gasteiger partial charge in [-0.15, -0.1) is 0 Å². The third-order valence-corrected chi connectivity index (χ3v) is 3.50. The number of hydrogen-bond acceptors (Lipinski definition) is 4. The number of aromatic nitrogens is 1. The van der Waals surface area contributed by atoms with E-state index in [0.29, 0.717) is 22.0 Å². The van der Waals surface area contributed by atoms with Crippen molar-refractivity contribution in [3.8, 4) is 0 Å². The highest BCUT2D eigenvalue weighted by Crippen LogP contribution is 2.28. The normalized spacial score (nSPS) is 11.0. The number of benzene rings is 1. The summed E-state index contributed by atoms with van der Waals surface area (Å²) in [5, 5.41) is 9.69. The fraction of sp³-hybridized carbons (Fsp3) is 0.125. The predicted molar refractivity (Wildman–Crippen MR) is 77.7 cm³/mol. The summed E-state index contributed by atoms with van der Waals surface area (Å²) in [6.45, 7) is -0.543. The molecule has 0 saturated carbocycles. The lowest BCUT2D eigenvalue weighted by Gasteiger charge is -2.00. The SMILES string of the molecule is COC(=O)c1c2ccc(C(=O)CO)cc2n2ccccc12.